The molecular weight excluding hydrogens is 352 g/mol. The standard InChI is InChI=1S/C20H17ClN2O3/c1-26-20(25)12-6-7-17-14(10-12)15-11-23(9-8-18(15)22-17)19(24)13-4-2-3-5-16(13)21/h2-7,10,22H,8-9,11H2,1H3. The number of amides is 1. The first-order chi connectivity index (χ1) is 12.6. The second-order valence-electron chi connectivity index (χ2n) is 6.29. The monoisotopic (exact) mass is 368 g/mol. The Balaban J connectivity index is 1.70. The van der Waals surface area contributed by atoms with E-state index in [2.05, 4.69) is 4.98 Å². The Morgan fingerprint density at radius 1 is 1.19 bits per heavy atom. The van der Waals surface area contributed by atoms with Crippen molar-refractivity contribution in [1.82, 2.24) is 9.88 Å². The molecule has 26 heavy (non-hydrogen) atoms. The van der Waals surface area contributed by atoms with E-state index in [0.717, 1.165) is 28.6 Å². The lowest BCUT2D eigenvalue weighted by atomic mass is 10.0. The molecule has 0 spiro atoms. The Hall–Kier alpha value is -2.79. The molecule has 0 atom stereocenters. The van der Waals surface area contributed by atoms with Crippen LogP contribution in [0, 0.1) is 0 Å². The van der Waals surface area contributed by atoms with Gasteiger partial charge in [0.1, 0.15) is 0 Å². The number of nitrogens with zero attached hydrogens (tertiary/aromatic N) is 1. The number of carbonyl (C=O) groups is 2. The Kier molecular flexibility index (Phi) is 4.17. The molecule has 2 aromatic carbocycles. The predicted molar refractivity (Wildman–Crippen MR) is 99.5 cm³/mol. The van der Waals surface area contributed by atoms with Gasteiger partial charge in [-0.1, -0.05) is 23.7 Å². The molecule has 0 unspecified atom stereocenters. The van der Waals surface area contributed by atoms with Crippen LogP contribution in [-0.2, 0) is 17.7 Å². The van der Waals surface area contributed by atoms with Crippen molar-refractivity contribution in [3.63, 3.8) is 0 Å². The maximum absolute atomic E-state index is 12.9. The third-order valence-electron chi connectivity index (χ3n) is 4.79. The van der Waals surface area contributed by atoms with E-state index in [1.54, 1.807) is 29.2 Å². The number of halogens is 1. The van der Waals surface area contributed by atoms with Crippen molar-refractivity contribution in [2.24, 2.45) is 0 Å². The summed E-state index contributed by atoms with van der Waals surface area (Å²) in [7, 11) is 1.36. The third kappa shape index (κ3) is 2.74. The summed E-state index contributed by atoms with van der Waals surface area (Å²) in [6, 6.07) is 12.5. The lowest BCUT2D eigenvalue weighted by molar-refractivity contribution is 0.0600. The first-order valence-electron chi connectivity index (χ1n) is 8.34. The summed E-state index contributed by atoms with van der Waals surface area (Å²) in [5.41, 5.74) is 4.10. The molecule has 1 aliphatic rings. The second kappa shape index (κ2) is 6.50. The highest BCUT2D eigenvalue weighted by molar-refractivity contribution is 6.33. The fraction of sp³-hybridized carbons (Fsp3) is 0.200. The van der Waals surface area contributed by atoms with Crippen LogP contribution in [0.25, 0.3) is 10.9 Å². The van der Waals surface area contributed by atoms with Gasteiger partial charge in [0.15, 0.2) is 0 Å². The molecule has 0 saturated carbocycles. The van der Waals surface area contributed by atoms with Gasteiger partial charge in [-0.25, -0.2) is 4.79 Å². The van der Waals surface area contributed by atoms with Crippen molar-refractivity contribution in [3.8, 4) is 0 Å². The van der Waals surface area contributed by atoms with Gasteiger partial charge >= 0.3 is 5.97 Å². The summed E-state index contributed by atoms with van der Waals surface area (Å²) in [6.45, 7) is 1.09. The number of hydrogen-bond acceptors (Lipinski definition) is 3. The number of rotatable bonds is 2. The molecule has 1 amide bonds. The fourth-order valence-electron chi connectivity index (χ4n) is 3.44. The fourth-order valence-corrected chi connectivity index (χ4v) is 3.65. The summed E-state index contributed by atoms with van der Waals surface area (Å²) in [4.78, 5) is 29.9. The number of methoxy groups -OCH3 is 1. The van der Waals surface area contributed by atoms with Crippen LogP contribution in [0.4, 0.5) is 0 Å². The van der Waals surface area contributed by atoms with E-state index in [-0.39, 0.29) is 11.9 Å². The summed E-state index contributed by atoms with van der Waals surface area (Å²) >= 11 is 6.18. The quantitative estimate of drug-likeness (QED) is 0.700. The maximum atomic E-state index is 12.9. The Bertz CT molecular complexity index is 1030. The van der Waals surface area contributed by atoms with E-state index < -0.39 is 0 Å². The van der Waals surface area contributed by atoms with E-state index in [4.69, 9.17) is 16.3 Å². The summed E-state index contributed by atoms with van der Waals surface area (Å²) in [5, 5.41) is 1.40. The number of nitrogens with one attached hydrogen (secondary N) is 1. The average molecular weight is 369 g/mol. The van der Waals surface area contributed by atoms with Crippen LogP contribution in [-0.4, -0.2) is 35.4 Å². The third-order valence-corrected chi connectivity index (χ3v) is 5.12. The molecule has 0 saturated heterocycles. The highest BCUT2D eigenvalue weighted by atomic mass is 35.5. The number of fused-ring (bicyclic) bond motifs is 3. The van der Waals surface area contributed by atoms with Gasteiger partial charge in [-0.3, -0.25) is 4.79 Å². The number of aromatic amines is 1. The van der Waals surface area contributed by atoms with Crippen molar-refractivity contribution >= 4 is 34.4 Å². The van der Waals surface area contributed by atoms with E-state index in [0.29, 0.717) is 29.2 Å². The van der Waals surface area contributed by atoms with Crippen molar-refractivity contribution in [2.45, 2.75) is 13.0 Å². The van der Waals surface area contributed by atoms with Crippen LogP contribution < -0.4 is 0 Å². The highest BCUT2D eigenvalue weighted by Crippen LogP contribution is 2.30. The maximum Gasteiger partial charge on any atom is 0.337 e. The predicted octanol–water partition coefficient (Wildman–Crippen LogP) is 3.81. The number of carbonyl (C=O) groups excluding carboxylic acids is 2. The Morgan fingerprint density at radius 2 is 2.00 bits per heavy atom. The van der Waals surface area contributed by atoms with Gasteiger partial charge in [-0.15, -0.1) is 0 Å². The van der Waals surface area contributed by atoms with Crippen molar-refractivity contribution in [2.75, 3.05) is 13.7 Å². The molecule has 1 aromatic heterocycles. The number of ether oxygens (including phenoxy) is 1. The summed E-state index contributed by atoms with van der Waals surface area (Å²) in [6.07, 6.45) is 0.730. The van der Waals surface area contributed by atoms with Crippen molar-refractivity contribution < 1.29 is 14.3 Å². The highest BCUT2D eigenvalue weighted by Gasteiger charge is 2.26. The Morgan fingerprint density at radius 3 is 2.77 bits per heavy atom. The summed E-state index contributed by atoms with van der Waals surface area (Å²) < 4.78 is 4.81. The van der Waals surface area contributed by atoms with E-state index in [9.17, 15) is 9.59 Å². The minimum absolute atomic E-state index is 0.0836. The second-order valence-corrected chi connectivity index (χ2v) is 6.70. The van der Waals surface area contributed by atoms with Crippen molar-refractivity contribution in [1.29, 1.82) is 0 Å². The van der Waals surface area contributed by atoms with Gasteiger partial charge in [-0.05, 0) is 30.3 Å². The number of benzene rings is 2. The first kappa shape index (κ1) is 16.7. The van der Waals surface area contributed by atoms with Gasteiger partial charge in [0.05, 0.1) is 23.3 Å². The topological polar surface area (TPSA) is 62.4 Å². The van der Waals surface area contributed by atoms with E-state index in [1.807, 2.05) is 18.2 Å². The molecule has 132 valence electrons. The largest absolute Gasteiger partial charge is 0.465 e. The molecule has 0 radical (unpaired) electrons. The first-order valence-corrected chi connectivity index (χ1v) is 8.72. The molecule has 0 bridgehead atoms. The van der Waals surface area contributed by atoms with Crippen LogP contribution in [0.15, 0.2) is 42.5 Å². The number of esters is 1. The molecule has 1 aliphatic heterocycles. The smallest absolute Gasteiger partial charge is 0.337 e. The average Bonchev–Trinajstić information content (AvgIpc) is 3.04. The van der Waals surface area contributed by atoms with Gasteiger partial charge in [0, 0.05) is 41.7 Å². The zero-order valence-corrected chi connectivity index (χ0v) is 15.0. The Labute approximate surface area is 155 Å². The molecule has 2 heterocycles. The van der Waals surface area contributed by atoms with Gasteiger partial charge in [0.2, 0.25) is 0 Å². The molecular formula is C20H17ClN2O3. The molecule has 1 N–H and O–H groups in total. The molecule has 0 aliphatic carbocycles. The number of H-pyrrole nitrogens is 1. The lowest BCUT2D eigenvalue weighted by Gasteiger charge is -2.27. The molecule has 4 rings (SSSR count). The number of hydrogen-bond donors (Lipinski definition) is 1. The molecule has 3 aromatic rings. The van der Waals surface area contributed by atoms with Gasteiger partial charge in [0.25, 0.3) is 5.91 Å². The minimum atomic E-state index is -0.373. The van der Waals surface area contributed by atoms with Crippen molar-refractivity contribution in [3.05, 3.63) is 69.9 Å². The molecule has 0 fully saturated rings. The zero-order chi connectivity index (χ0) is 18.3. The molecule has 6 heteroatoms. The van der Waals surface area contributed by atoms with E-state index >= 15 is 0 Å². The molecule has 5 nitrogen and oxygen atoms in total. The van der Waals surface area contributed by atoms with Crippen LogP contribution in [0.5, 0.6) is 0 Å². The normalized spacial score (nSPS) is 13.5. The van der Waals surface area contributed by atoms with Gasteiger partial charge in [-0.2, -0.15) is 0 Å². The lowest BCUT2D eigenvalue weighted by Crippen LogP contribution is -2.35. The van der Waals surface area contributed by atoms with Crippen LogP contribution in [0.2, 0.25) is 5.02 Å². The SMILES string of the molecule is COC(=O)c1ccc2[nH]c3c(c2c1)CN(C(=O)c1ccccc1Cl)CC3. The van der Waals surface area contributed by atoms with E-state index in [1.165, 1.54) is 7.11 Å². The summed E-state index contributed by atoms with van der Waals surface area (Å²) in [5.74, 6) is -0.457. The van der Waals surface area contributed by atoms with Crippen LogP contribution in [0.1, 0.15) is 32.0 Å². The van der Waals surface area contributed by atoms with Crippen LogP contribution in [0.3, 0.4) is 0 Å². The number of aromatic nitrogens is 1. The zero-order valence-electron chi connectivity index (χ0n) is 14.2. The van der Waals surface area contributed by atoms with Crippen LogP contribution >= 0.6 is 11.6 Å². The van der Waals surface area contributed by atoms with Gasteiger partial charge < -0.3 is 14.6 Å². The minimum Gasteiger partial charge on any atom is -0.465 e.